The van der Waals surface area contributed by atoms with Gasteiger partial charge in [-0.1, -0.05) is 60.7 Å². The molecule has 1 amide bonds. The average molecular weight is 393 g/mol. The fourth-order valence-corrected chi connectivity index (χ4v) is 3.72. The lowest BCUT2D eigenvalue weighted by Crippen LogP contribution is -2.39. The number of guanidine groups is 1. The summed E-state index contributed by atoms with van der Waals surface area (Å²) in [6, 6.07) is 21.1. The second-order valence-corrected chi connectivity index (χ2v) is 7.36. The van der Waals surface area contributed by atoms with Crippen LogP contribution < -0.4 is 10.6 Å². The molecule has 0 aliphatic carbocycles. The zero-order chi connectivity index (χ0) is 20.3. The SMILES string of the molecule is CCNC(=NCC(c1ccccc1)c1ccccc1)NCCCN1CCCC1=O. The van der Waals surface area contributed by atoms with Gasteiger partial charge in [-0.3, -0.25) is 9.79 Å². The summed E-state index contributed by atoms with van der Waals surface area (Å²) in [5.74, 6) is 1.34. The summed E-state index contributed by atoms with van der Waals surface area (Å²) in [4.78, 5) is 18.6. The monoisotopic (exact) mass is 392 g/mol. The lowest BCUT2D eigenvalue weighted by atomic mass is 9.91. The topological polar surface area (TPSA) is 56.7 Å². The van der Waals surface area contributed by atoms with Crippen molar-refractivity contribution in [1.82, 2.24) is 15.5 Å². The Kier molecular flexibility index (Phi) is 8.11. The van der Waals surface area contributed by atoms with Crippen molar-refractivity contribution in [3.05, 3.63) is 71.8 Å². The molecule has 0 radical (unpaired) electrons. The van der Waals surface area contributed by atoms with E-state index < -0.39 is 0 Å². The predicted octanol–water partition coefficient (Wildman–Crippen LogP) is 3.39. The Morgan fingerprint density at radius 1 is 1.03 bits per heavy atom. The van der Waals surface area contributed by atoms with E-state index in [2.05, 4.69) is 66.1 Å². The van der Waals surface area contributed by atoms with Gasteiger partial charge in [-0.15, -0.1) is 0 Å². The van der Waals surface area contributed by atoms with E-state index in [1.54, 1.807) is 0 Å². The van der Waals surface area contributed by atoms with Crippen molar-refractivity contribution in [3.8, 4) is 0 Å². The minimum atomic E-state index is 0.218. The highest BCUT2D eigenvalue weighted by atomic mass is 16.2. The van der Waals surface area contributed by atoms with Crippen LogP contribution in [0.25, 0.3) is 0 Å². The highest BCUT2D eigenvalue weighted by molar-refractivity contribution is 5.80. The first-order chi connectivity index (χ1) is 14.3. The van der Waals surface area contributed by atoms with Crippen LogP contribution in [-0.4, -0.2) is 49.5 Å². The van der Waals surface area contributed by atoms with Crippen molar-refractivity contribution in [2.24, 2.45) is 4.99 Å². The van der Waals surface area contributed by atoms with Gasteiger partial charge in [-0.05, 0) is 30.9 Å². The van der Waals surface area contributed by atoms with Crippen LogP contribution in [0.15, 0.2) is 65.7 Å². The number of hydrogen-bond donors (Lipinski definition) is 2. The van der Waals surface area contributed by atoms with E-state index in [4.69, 9.17) is 4.99 Å². The Morgan fingerprint density at radius 3 is 2.24 bits per heavy atom. The molecule has 0 aromatic heterocycles. The van der Waals surface area contributed by atoms with Crippen LogP contribution in [0.2, 0.25) is 0 Å². The number of carbonyl (C=O) groups is 1. The molecule has 0 unspecified atom stereocenters. The van der Waals surface area contributed by atoms with Gasteiger partial charge in [0.2, 0.25) is 5.91 Å². The summed E-state index contributed by atoms with van der Waals surface area (Å²) >= 11 is 0. The van der Waals surface area contributed by atoms with Crippen molar-refractivity contribution in [3.63, 3.8) is 0 Å². The molecule has 5 nitrogen and oxygen atoms in total. The Labute approximate surface area is 174 Å². The second-order valence-electron chi connectivity index (χ2n) is 7.36. The van der Waals surface area contributed by atoms with Gasteiger partial charge in [-0.25, -0.2) is 0 Å². The predicted molar refractivity (Wildman–Crippen MR) is 119 cm³/mol. The zero-order valence-electron chi connectivity index (χ0n) is 17.3. The Balaban J connectivity index is 1.60. The van der Waals surface area contributed by atoms with E-state index in [1.165, 1.54) is 11.1 Å². The number of amides is 1. The van der Waals surface area contributed by atoms with Crippen LogP contribution in [0, 0.1) is 0 Å². The normalized spacial score (nSPS) is 14.5. The molecule has 3 rings (SSSR count). The first-order valence-electron chi connectivity index (χ1n) is 10.7. The maximum absolute atomic E-state index is 11.7. The summed E-state index contributed by atoms with van der Waals surface area (Å²) in [6.45, 7) is 6.10. The second kappa shape index (κ2) is 11.2. The molecule has 5 heteroatoms. The lowest BCUT2D eigenvalue weighted by Gasteiger charge is -2.19. The van der Waals surface area contributed by atoms with Gasteiger partial charge < -0.3 is 15.5 Å². The summed E-state index contributed by atoms with van der Waals surface area (Å²) in [5.41, 5.74) is 2.54. The number of aliphatic imine (C=N–C) groups is 1. The van der Waals surface area contributed by atoms with E-state index in [1.807, 2.05) is 17.0 Å². The van der Waals surface area contributed by atoms with Gasteiger partial charge in [0.25, 0.3) is 0 Å². The van der Waals surface area contributed by atoms with Gasteiger partial charge >= 0.3 is 0 Å². The molecule has 1 saturated heterocycles. The molecule has 0 saturated carbocycles. The fraction of sp³-hybridized carbons (Fsp3) is 0.417. The summed E-state index contributed by atoms with van der Waals surface area (Å²) in [5, 5.41) is 6.76. The number of rotatable bonds is 9. The molecule has 1 aliphatic rings. The first kappa shape index (κ1) is 20.9. The molecule has 29 heavy (non-hydrogen) atoms. The third-order valence-corrected chi connectivity index (χ3v) is 5.25. The number of likely N-dealkylation sites (tertiary alicyclic amines) is 1. The molecule has 2 aromatic carbocycles. The van der Waals surface area contributed by atoms with Crippen LogP contribution in [0.3, 0.4) is 0 Å². The largest absolute Gasteiger partial charge is 0.357 e. The maximum Gasteiger partial charge on any atom is 0.222 e. The van der Waals surface area contributed by atoms with Gasteiger partial charge in [0.05, 0.1) is 6.54 Å². The maximum atomic E-state index is 11.7. The molecule has 0 bridgehead atoms. The number of nitrogens with one attached hydrogen (secondary N) is 2. The van der Waals surface area contributed by atoms with Crippen LogP contribution in [0.5, 0.6) is 0 Å². The average Bonchev–Trinajstić information content (AvgIpc) is 3.17. The molecule has 2 N–H and O–H groups in total. The van der Waals surface area contributed by atoms with Crippen LogP contribution >= 0.6 is 0 Å². The van der Waals surface area contributed by atoms with Crippen molar-refractivity contribution in [2.45, 2.75) is 32.1 Å². The van der Waals surface area contributed by atoms with Crippen LogP contribution in [-0.2, 0) is 4.79 Å². The first-order valence-corrected chi connectivity index (χ1v) is 10.7. The Hall–Kier alpha value is -2.82. The minimum absolute atomic E-state index is 0.218. The quantitative estimate of drug-likeness (QED) is 0.391. The van der Waals surface area contributed by atoms with Crippen molar-refractivity contribution >= 4 is 11.9 Å². The lowest BCUT2D eigenvalue weighted by molar-refractivity contribution is -0.127. The fourth-order valence-electron chi connectivity index (χ4n) is 3.72. The smallest absolute Gasteiger partial charge is 0.222 e. The van der Waals surface area contributed by atoms with E-state index in [9.17, 15) is 4.79 Å². The molecule has 1 fully saturated rings. The summed E-state index contributed by atoms with van der Waals surface area (Å²) in [7, 11) is 0. The molecular formula is C24H32N4O. The molecule has 2 aromatic rings. The van der Waals surface area contributed by atoms with Crippen molar-refractivity contribution in [1.29, 1.82) is 0 Å². The molecule has 1 aliphatic heterocycles. The number of nitrogens with zero attached hydrogens (tertiary/aromatic N) is 2. The van der Waals surface area contributed by atoms with Crippen LogP contribution in [0.1, 0.15) is 43.2 Å². The molecular weight excluding hydrogens is 360 g/mol. The number of benzene rings is 2. The molecule has 0 spiro atoms. The van der Waals surface area contributed by atoms with Crippen molar-refractivity contribution in [2.75, 3.05) is 32.7 Å². The van der Waals surface area contributed by atoms with Crippen LogP contribution in [0.4, 0.5) is 0 Å². The number of hydrogen-bond acceptors (Lipinski definition) is 2. The van der Waals surface area contributed by atoms with Gasteiger partial charge in [-0.2, -0.15) is 0 Å². The Morgan fingerprint density at radius 2 is 1.69 bits per heavy atom. The van der Waals surface area contributed by atoms with E-state index in [-0.39, 0.29) is 5.92 Å². The van der Waals surface area contributed by atoms with Gasteiger partial charge in [0.15, 0.2) is 5.96 Å². The molecule has 0 atom stereocenters. The van der Waals surface area contributed by atoms with Gasteiger partial charge in [0.1, 0.15) is 0 Å². The third kappa shape index (κ3) is 6.34. The van der Waals surface area contributed by atoms with E-state index >= 15 is 0 Å². The zero-order valence-corrected chi connectivity index (χ0v) is 17.3. The van der Waals surface area contributed by atoms with E-state index in [0.29, 0.717) is 18.9 Å². The van der Waals surface area contributed by atoms with Crippen molar-refractivity contribution < 1.29 is 4.79 Å². The summed E-state index contributed by atoms with van der Waals surface area (Å²) in [6.07, 6.45) is 2.63. The van der Waals surface area contributed by atoms with Gasteiger partial charge in [0, 0.05) is 38.5 Å². The Bertz CT molecular complexity index is 736. The summed E-state index contributed by atoms with van der Waals surface area (Å²) < 4.78 is 0. The van der Waals surface area contributed by atoms with E-state index in [0.717, 1.165) is 45.0 Å². The highest BCUT2D eigenvalue weighted by Gasteiger charge is 2.19. The molecule has 154 valence electrons. The third-order valence-electron chi connectivity index (χ3n) is 5.25. The molecule has 1 heterocycles. The number of carbonyl (C=O) groups excluding carboxylic acids is 1. The highest BCUT2D eigenvalue weighted by Crippen LogP contribution is 2.24. The standard InChI is InChI=1S/C24H32N4O/c1-2-25-24(26-16-10-18-28-17-9-15-23(28)29)27-19-22(20-11-5-3-6-12-20)21-13-7-4-8-14-21/h3-8,11-14,22H,2,9-10,15-19H2,1H3,(H2,25,26,27). The minimum Gasteiger partial charge on any atom is -0.357 e.